The topological polar surface area (TPSA) is 83.1 Å². The number of methoxy groups -OCH3 is 1. The molecular weight excluding hydrogens is 290 g/mol. The molecule has 1 fully saturated rings. The maximum atomic E-state index is 11.8. The van der Waals surface area contributed by atoms with E-state index in [1.165, 1.54) is 27.2 Å². The van der Waals surface area contributed by atoms with Crippen LogP contribution < -0.4 is 10.1 Å². The molecule has 1 aliphatic heterocycles. The molecule has 7 heteroatoms. The minimum Gasteiger partial charge on any atom is -0.467 e. The fraction of sp³-hybridized carbons (Fsp3) is 0.333. The highest BCUT2D eigenvalue weighted by Crippen LogP contribution is 2.23. The molecule has 2 rings (SSSR count). The highest BCUT2D eigenvalue weighted by atomic mass is 16.7. The molecule has 0 radical (unpaired) electrons. The second kappa shape index (κ2) is 6.48. The molecule has 0 bridgehead atoms. The molecule has 1 aromatic carbocycles. The second-order valence-corrected chi connectivity index (χ2v) is 4.96. The molecule has 1 N–H and O–H groups in total. The summed E-state index contributed by atoms with van der Waals surface area (Å²) in [7, 11) is 1.52. The van der Waals surface area contributed by atoms with Crippen LogP contribution in [0.1, 0.15) is 13.8 Å². The quantitative estimate of drug-likeness (QED) is 0.384. The average Bonchev–Trinajstić information content (AvgIpc) is 2.43. The van der Waals surface area contributed by atoms with Gasteiger partial charge in [0, 0.05) is 38.9 Å². The largest absolute Gasteiger partial charge is 0.467 e. The lowest BCUT2D eigenvalue weighted by Crippen LogP contribution is -2.42. The number of anilines is 1. The fourth-order valence-electron chi connectivity index (χ4n) is 1.74. The van der Waals surface area contributed by atoms with Gasteiger partial charge in [0.05, 0.1) is 0 Å². The Hall–Kier alpha value is -2.54. The normalized spacial score (nSPS) is 16.6. The molecular formula is C15H17NO6. The molecule has 0 unspecified atom stereocenters. The van der Waals surface area contributed by atoms with Crippen LogP contribution >= 0.6 is 0 Å². The lowest BCUT2D eigenvalue weighted by molar-refractivity contribution is -0.222. The zero-order chi connectivity index (χ0) is 16.2. The van der Waals surface area contributed by atoms with Crippen LogP contribution in [0.25, 0.3) is 0 Å². The average molecular weight is 307 g/mol. The van der Waals surface area contributed by atoms with Crippen molar-refractivity contribution in [1.29, 1.82) is 0 Å². The van der Waals surface area contributed by atoms with E-state index in [4.69, 9.17) is 18.9 Å². The summed E-state index contributed by atoms with van der Waals surface area (Å²) in [6, 6.07) is 6.95. The fourth-order valence-corrected chi connectivity index (χ4v) is 1.74. The molecule has 0 saturated carbocycles. The summed E-state index contributed by atoms with van der Waals surface area (Å²) in [6.07, 6.45) is 1.25. The maximum absolute atomic E-state index is 11.8. The number of cyclic esters (lactones) is 2. The first-order chi connectivity index (χ1) is 10.4. The van der Waals surface area contributed by atoms with Gasteiger partial charge in [-0.1, -0.05) is 6.07 Å². The SMILES string of the molecule is COCOc1cccc(NC=C2C(=O)OC(C)(C)OC2=O)c1. The monoisotopic (exact) mass is 307 g/mol. The summed E-state index contributed by atoms with van der Waals surface area (Å²) in [5, 5.41) is 2.83. The van der Waals surface area contributed by atoms with E-state index in [0.29, 0.717) is 11.4 Å². The third kappa shape index (κ3) is 3.98. The van der Waals surface area contributed by atoms with Crippen molar-refractivity contribution in [2.24, 2.45) is 0 Å². The smallest absolute Gasteiger partial charge is 0.350 e. The molecule has 0 aliphatic carbocycles. The van der Waals surface area contributed by atoms with Crippen LogP contribution in [-0.2, 0) is 23.8 Å². The van der Waals surface area contributed by atoms with Gasteiger partial charge in [0.1, 0.15) is 5.75 Å². The molecule has 118 valence electrons. The van der Waals surface area contributed by atoms with Crippen molar-refractivity contribution in [2.45, 2.75) is 19.6 Å². The second-order valence-electron chi connectivity index (χ2n) is 4.96. The number of carbonyl (C=O) groups excluding carboxylic acids is 2. The van der Waals surface area contributed by atoms with E-state index in [0.717, 1.165) is 0 Å². The van der Waals surface area contributed by atoms with Gasteiger partial charge in [-0.25, -0.2) is 9.59 Å². The van der Waals surface area contributed by atoms with Gasteiger partial charge in [-0.3, -0.25) is 0 Å². The van der Waals surface area contributed by atoms with Gasteiger partial charge in [0.2, 0.25) is 0 Å². The summed E-state index contributed by atoms with van der Waals surface area (Å²) < 4.78 is 20.1. The van der Waals surface area contributed by atoms with E-state index >= 15 is 0 Å². The summed E-state index contributed by atoms with van der Waals surface area (Å²) in [4.78, 5) is 23.6. The van der Waals surface area contributed by atoms with E-state index in [1.54, 1.807) is 24.3 Å². The van der Waals surface area contributed by atoms with E-state index in [1.807, 2.05) is 0 Å². The van der Waals surface area contributed by atoms with Crippen molar-refractivity contribution in [3.8, 4) is 5.75 Å². The lowest BCUT2D eigenvalue weighted by atomic mass is 10.2. The van der Waals surface area contributed by atoms with Crippen LogP contribution in [-0.4, -0.2) is 31.6 Å². The van der Waals surface area contributed by atoms with E-state index < -0.39 is 17.7 Å². The van der Waals surface area contributed by atoms with Crippen LogP contribution in [0.4, 0.5) is 5.69 Å². The third-order valence-corrected chi connectivity index (χ3v) is 2.68. The Morgan fingerprint density at radius 3 is 2.55 bits per heavy atom. The van der Waals surface area contributed by atoms with Gasteiger partial charge < -0.3 is 24.3 Å². The van der Waals surface area contributed by atoms with Crippen LogP contribution in [0, 0.1) is 0 Å². The molecule has 1 aromatic rings. The Morgan fingerprint density at radius 2 is 1.91 bits per heavy atom. The van der Waals surface area contributed by atoms with Crippen molar-refractivity contribution >= 4 is 17.6 Å². The molecule has 0 spiro atoms. The zero-order valence-electron chi connectivity index (χ0n) is 12.5. The van der Waals surface area contributed by atoms with Gasteiger partial charge in [-0.15, -0.1) is 0 Å². The van der Waals surface area contributed by atoms with Gasteiger partial charge in [-0.05, 0) is 12.1 Å². The Morgan fingerprint density at radius 1 is 1.23 bits per heavy atom. The number of nitrogens with one attached hydrogen (secondary N) is 1. The van der Waals surface area contributed by atoms with Gasteiger partial charge >= 0.3 is 11.9 Å². The Bertz CT molecular complexity index is 586. The van der Waals surface area contributed by atoms with Crippen LogP contribution in [0.15, 0.2) is 36.0 Å². The van der Waals surface area contributed by atoms with Crippen LogP contribution in [0.2, 0.25) is 0 Å². The number of rotatable bonds is 5. The Kier molecular flexibility index (Phi) is 4.67. The van der Waals surface area contributed by atoms with Crippen LogP contribution in [0.3, 0.4) is 0 Å². The maximum Gasteiger partial charge on any atom is 0.350 e. The van der Waals surface area contributed by atoms with Crippen molar-refractivity contribution in [1.82, 2.24) is 0 Å². The third-order valence-electron chi connectivity index (χ3n) is 2.68. The first kappa shape index (κ1) is 15.8. The first-order valence-electron chi connectivity index (χ1n) is 6.56. The number of hydrogen-bond acceptors (Lipinski definition) is 7. The lowest BCUT2D eigenvalue weighted by Gasteiger charge is -2.29. The first-order valence-corrected chi connectivity index (χ1v) is 6.56. The van der Waals surface area contributed by atoms with Crippen molar-refractivity contribution in [2.75, 3.05) is 19.2 Å². The molecule has 7 nitrogen and oxygen atoms in total. The summed E-state index contributed by atoms with van der Waals surface area (Å²) >= 11 is 0. The van der Waals surface area contributed by atoms with Gasteiger partial charge in [0.15, 0.2) is 12.4 Å². The highest BCUT2D eigenvalue weighted by molar-refractivity contribution is 6.15. The Labute approximate surface area is 127 Å². The minimum absolute atomic E-state index is 0.123. The molecule has 0 aromatic heterocycles. The van der Waals surface area contributed by atoms with Crippen molar-refractivity contribution < 1.29 is 28.5 Å². The molecule has 1 aliphatic rings. The molecule has 1 saturated heterocycles. The summed E-state index contributed by atoms with van der Waals surface area (Å²) in [6.45, 7) is 3.10. The summed E-state index contributed by atoms with van der Waals surface area (Å²) in [5.41, 5.74) is 0.425. The van der Waals surface area contributed by atoms with Gasteiger partial charge in [0.25, 0.3) is 5.79 Å². The van der Waals surface area contributed by atoms with E-state index in [9.17, 15) is 9.59 Å². The number of esters is 2. The standard InChI is InChI=1S/C15H17NO6/c1-15(2)21-13(17)12(14(18)22-15)8-16-10-5-4-6-11(7-10)20-9-19-3/h4-8,16H,9H2,1-3H3. The van der Waals surface area contributed by atoms with E-state index in [2.05, 4.69) is 5.32 Å². The predicted octanol–water partition coefficient (Wildman–Crippen LogP) is 1.80. The predicted molar refractivity (Wildman–Crippen MR) is 76.9 cm³/mol. The number of carbonyl (C=O) groups is 2. The molecule has 0 amide bonds. The molecule has 22 heavy (non-hydrogen) atoms. The summed E-state index contributed by atoms with van der Waals surface area (Å²) in [5.74, 6) is -2.14. The van der Waals surface area contributed by atoms with Crippen molar-refractivity contribution in [3.05, 3.63) is 36.0 Å². The van der Waals surface area contributed by atoms with Crippen molar-refractivity contribution in [3.63, 3.8) is 0 Å². The number of ether oxygens (including phenoxy) is 4. The van der Waals surface area contributed by atoms with Crippen LogP contribution in [0.5, 0.6) is 5.75 Å². The Balaban J connectivity index is 2.08. The zero-order valence-corrected chi connectivity index (χ0v) is 12.5. The van der Waals surface area contributed by atoms with Gasteiger partial charge in [-0.2, -0.15) is 0 Å². The number of benzene rings is 1. The number of hydrogen-bond donors (Lipinski definition) is 1. The highest BCUT2D eigenvalue weighted by Gasteiger charge is 2.38. The molecule has 0 atom stereocenters. The minimum atomic E-state index is -1.25. The molecule has 1 heterocycles. The van der Waals surface area contributed by atoms with E-state index in [-0.39, 0.29) is 12.4 Å².